The molecule has 0 aromatic rings. The molecule has 70 valence electrons. The third kappa shape index (κ3) is 5.40. The van der Waals surface area contributed by atoms with Crippen LogP contribution in [0.2, 0.25) is 19.6 Å². The molecule has 2 heteroatoms. The Morgan fingerprint density at radius 3 is 2.17 bits per heavy atom. The lowest BCUT2D eigenvalue weighted by Crippen LogP contribution is -2.20. The van der Waals surface area contributed by atoms with Crippen molar-refractivity contribution in [3.8, 4) is 11.5 Å². The zero-order chi connectivity index (χ0) is 9.78. The van der Waals surface area contributed by atoms with Crippen molar-refractivity contribution in [2.24, 2.45) is 5.92 Å². The first-order valence-corrected chi connectivity index (χ1v) is 8.07. The minimum atomic E-state index is -1.30. The third-order valence-electron chi connectivity index (χ3n) is 1.78. The number of aliphatic hydroxyl groups excluding tert-OH is 1. The number of aliphatic hydroxyl groups is 1. The molecule has 0 aromatic heterocycles. The quantitative estimate of drug-likeness (QED) is 0.515. The standard InChI is InChI=1S/C10H20OSi/c1-6-9(2)10(11)7-8-12(3,4)5/h9-11H,6H2,1-5H3/t9-,10+/m0/s1. The Morgan fingerprint density at radius 2 is 1.83 bits per heavy atom. The second kappa shape index (κ2) is 4.69. The van der Waals surface area contributed by atoms with Crippen molar-refractivity contribution in [3.05, 3.63) is 0 Å². The molecule has 0 saturated heterocycles. The normalized spacial score (nSPS) is 16.2. The first-order valence-electron chi connectivity index (χ1n) is 4.57. The van der Waals surface area contributed by atoms with Crippen molar-refractivity contribution in [1.29, 1.82) is 0 Å². The molecule has 0 bridgehead atoms. The van der Waals surface area contributed by atoms with Crippen LogP contribution in [0.15, 0.2) is 0 Å². The van der Waals surface area contributed by atoms with Gasteiger partial charge in [0.15, 0.2) is 0 Å². The van der Waals surface area contributed by atoms with Gasteiger partial charge in [-0.1, -0.05) is 45.8 Å². The molecule has 0 rings (SSSR count). The Hall–Kier alpha value is -0.263. The molecule has 0 amide bonds. The maximum absolute atomic E-state index is 9.53. The predicted octanol–water partition coefficient (Wildman–Crippen LogP) is 2.27. The van der Waals surface area contributed by atoms with Crippen LogP contribution in [0, 0.1) is 17.4 Å². The molecular formula is C10H20OSi. The van der Waals surface area contributed by atoms with Gasteiger partial charge >= 0.3 is 0 Å². The molecule has 0 saturated carbocycles. The Balaban J connectivity index is 4.13. The van der Waals surface area contributed by atoms with E-state index in [1.54, 1.807) is 0 Å². The van der Waals surface area contributed by atoms with Crippen LogP contribution in [-0.2, 0) is 0 Å². The molecule has 12 heavy (non-hydrogen) atoms. The van der Waals surface area contributed by atoms with E-state index < -0.39 is 14.2 Å². The molecule has 1 N–H and O–H groups in total. The summed E-state index contributed by atoms with van der Waals surface area (Å²) in [7, 11) is -1.30. The van der Waals surface area contributed by atoms with Gasteiger partial charge in [-0.15, -0.1) is 5.54 Å². The van der Waals surface area contributed by atoms with Gasteiger partial charge in [-0.2, -0.15) is 0 Å². The van der Waals surface area contributed by atoms with E-state index in [2.05, 4.69) is 38.0 Å². The van der Waals surface area contributed by atoms with E-state index >= 15 is 0 Å². The van der Waals surface area contributed by atoms with Crippen molar-refractivity contribution in [3.63, 3.8) is 0 Å². The van der Waals surface area contributed by atoms with Crippen molar-refractivity contribution < 1.29 is 5.11 Å². The summed E-state index contributed by atoms with van der Waals surface area (Å²) in [5.41, 5.74) is 3.18. The van der Waals surface area contributed by atoms with Crippen LogP contribution in [0.25, 0.3) is 0 Å². The number of hydrogen-bond donors (Lipinski definition) is 1. The largest absolute Gasteiger partial charge is 0.380 e. The zero-order valence-corrected chi connectivity index (χ0v) is 9.81. The lowest BCUT2D eigenvalue weighted by Gasteiger charge is -2.11. The first-order chi connectivity index (χ1) is 5.37. The summed E-state index contributed by atoms with van der Waals surface area (Å²) in [6, 6.07) is 0. The van der Waals surface area contributed by atoms with Crippen molar-refractivity contribution in [2.45, 2.75) is 46.0 Å². The molecule has 0 aliphatic carbocycles. The highest BCUT2D eigenvalue weighted by molar-refractivity contribution is 6.83. The Bertz CT molecular complexity index is 182. The maximum Gasteiger partial charge on any atom is 0.129 e. The smallest absolute Gasteiger partial charge is 0.129 e. The van der Waals surface area contributed by atoms with Crippen molar-refractivity contribution in [2.75, 3.05) is 0 Å². The van der Waals surface area contributed by atoms with Crippen LogP contribution in [0.1, 0.15) is 20.3 Å². The molecular weight excluding hydrogens is 164 g/mol. The van der Waals surface area contributed by atoms with E-state index in [1.165, 1.54) is 0 Å². The van der Waals surface area contributed by atoms with Gasteiger partial charge in [0.05, 0.1) is 0 Å². The molecule has 0 unspecified atom stereocenters. The summed E-state index contributed by atoms with van der Waals surface area (Å²) in [5, 5.41) is 9.53. The van der Waals surface area contributed by atoms with Gasteiger partial charge in [0, 0.05) is 0 Å². The molecule has 0 heterocycles. The fourth-order valence-electron chi connectivity index (χ4n) is 0.656. The second-order valence-corrected chi connectivity index (χ2v) is 9.10. The Kier molecular flexibility index (Phi) is 4.58. The van der Waals surface area contributed by atoms with Crippen LogP contribution < -0.4 is 0 Å². The van der Waals surface area contributed by atoms with Crippen LogP contribution in [0.4, 0.5) is 0 Å². The van der Waals surface area contributed by atoms with E-state index in [-0.39, 0.29) is 0 Å². The monoisotopic (exact) mass is 184 g/mol. The summed E-state index contributed by atoms with van der Waals surface area (Å²) >= 11 is 0. The summed E-state index contributed by atoms with van der Waals surface area (Å²) in [4.78, 5) is 0. The highest BCUT2D eigenvalue weighted by atomic mass is 28.3. The topological polar surface area (TPSA) is 20.2 Å². The minimum absolute atomic E-state index is 0.300. The molecule has 0 radical (unpaired) electrons. The van der Waals surface area contributed by atoms with Gasteiger partial charge in [0.2, 0.25) is 0 Å². The fraction of sp³-hybridized carbons (Fsp3) is 0.800. The maximum atomic E-state index is 9.53. The predicted molar refractivity (Wildman–Crippen MR) is 56.6 cm³/mol. The van der Waals surface area contributed by atoms with Crippen LogP contribution >= 0.6 is 0 Å². The average molecular weight is 184 g/mol. The van der Waals surface area contributed by atoms with E-state index in [0.717, 1.165) is 6.42 Å². The van der Waals surface area contributed by atoms with Crippen LogP contribution in [0.3, 0.4) is 0 Å². The Morgan fingerprint density at radius 1 is 1.33 bits per heavy atom. The Labute approximate surface area is 77.2 Å². The van der Waals surface area contributed by atoms with Crippen molar-refractivity contribution in [1.82, 2.24) is 0 Å². The van der Waals surface area contributed by atoms with Gasteiger partial charge in [0.1, 0.15) is 14.2 Å². The van der Waals surface area contributed by atoms with Gasteiger partial charge in [-0.25, -0.2) is 0 Å². The highest BCUT2D eigenvalue weighted by Crippen LogP contribution is 2.06. The SMILES string of the molecule is CC[C@H](C)[C@H](O)C#C[Si](C)(C)C. The van der Waals surface area contributed by atoms with Gasteiger partial charge in [-0.05, 0) is 5.92 Å². The number of rotatable bonds is 2. The summed E-state index contributed by atoms with van der Waals surface area (Å²) in [5.74, 6) is 3.24. The fourth-order valence-corrected chi connectivity index (χ4v) is 1.24. The lowest BCUT2D eigenvalue weighted by atomic mass is 10.0. The van der Waals surface area contributed by atoms with Crippen LogP contribution in [0.5, 0.6) is 0 Å². The third-order valence-corrected chi connectivity index (χ3v) is 2.67. The van der Waals surface area contributed by atoms with Gasteiger partial charge in [-0.3, -0.25) is 0 Å². The van der Waals surface area contributed by atoms with Crippen LogP contribution in [-0.4, -0.2) is 19.3 Å². The average Bonchev–Trinajstić information content (AvgIpc) is 1.97. The molecule has 2 atom stereocenters. The van der Waals surface area contributed by atoms with E-state index in [4.69, 9.17) is 0 Å². The molecule has 0 aliphatic rings. The molecule has 1 nitrogen and oxygen atoms in total. The van der Waals surface area contributed by atoms with E-state index in [9.17, 15) is 5.11 Å². The lowest BCUT2D eigenvalue weighted by molar-refractivity contribution is 0.169. The minimum Gasteiger partial charge on any atom is -0.380 e. The second-order valence-electron chi connectivity index (χ2n) is 4.35. The van der Waals surface area contributed by atoms with Crippen molar-refractivity contribution >= 4 is 8.07 Å². The van der Waals surface area contributed by atoms with E-state index in [0.29, 0.717) is 5.92 Å². The van der Waals surface area contributed by atoms with E-state index in [1.807, 2.05) is 6.92 Å². The molecule has 0 aliphatic heterocycles. The van der Waals surface area contributed by atoms with Gasteiger partial charge < -0.3 is 5.11 Å². The zero-order valence-electron chi connectivity index (χ0n) is 8.81. The highest BCUT2D eigenvalue weighted by Gasteiger charge is 2.11. The summed E-state index contributed by atoms with van der Waals surface area (Å²) in [6.07, 6.45) is 0.559. The molecule has 0 spiro atoms. The summed E-state index contributed by atoms with van der Waals surface area (Å²) in [6.45, 7) is 10.7. The first kappa shape index (κ1) is 11.7. The number of hydrogen-bond acceptors (Lipinski definition) is 1. The molecule has 0 fully saturated rings. The summed E-state index contributed by atoms with van der Waals surface area (Å²) < 4.78 is 0. The molecule has 0 aromatic carbocycles. The van der Waals surface area contributed by atoms with Gasteiger partial charge in [0.25, 0.3) is 0 Å².